The molecule has 1 aromatic heterocycles. The van der Waals surface area contributed by atoms with Crippen molar-refractivity contribution in [2.75, 3.05) is 0 Å². The lowest BCUT2D eigenvalue weighted by Crippen LogP contribution is -2.05. The van der Waals surface area contributed by atoms with E-state index in [1.807, 2.05) is 0 Å². The van der Waals surface area contributed by atoms with E-state index in [0.717, 1.165) is 18.3 Å². The van der Waals surface area contributed by atoms with Crippen molar-refractivity contribution in [2.24, 2.45) is 0 Å². The van der Waals surface area contributed by atoms with Crippen LogP contribution in [0.5, 0.6) is 0 Å². The van der Waals surface area contributed by atoms with Crippen LogP contribution >= 0.6 is 0 Å². The molecule has 0 aliphatic heterocycles. The van der Waals surface area contributed by atoms with Gasteiger partial charge in [-0.25, -0.2) is 4.39 Å². The summed E-state index contributed by atoms with van der Waals surface area (Å²) in [5.41, 5.74) is -0.163. The SMILES string of the molecule is Fc1ccc(-c2cc(C(F)(F)F)ccn2)cc1. The van der Waals surface area contributed by atoms with Gasteiger partial charge in [0.1, 0.15) is 5.82 Å². The van der Waals surface area contributed by atoms with Crippen LogP contribution < -0.4 is 0 Å². The lowest BCUT2D eigenvalue weighted by atomic mass is 10.1. The summed E-state index contributed by atoms with van der Waals surface area (Å²) in [7, 11) is 0. The number of nitrogens with zero attached hydrogens (tertiary/aromatic N) is 1. The van der Waals surface area contributed by atoms with Gasteiger partial charge < -0.3 is 0 Å². The van der Waals surface area contributed by atoms with Crippen molar-refractivity contribution >= 4 is 0 Å². The van der Waals surface area contributed by atoms with Gasteiger partial charge in [0, 0.05) is 11.8 Å². The molecule has 0 aliphatic carbocycles. The molecule has 1 heterocycles. The monoisotopic (exact) mass is 241 g/mol. The molecule has 0 bridgehead atoms. The predicted molar refractivity (Wildman–Crippen MR) is 54.6 cm³/mol. The number of aromatic nitrogens is 1. The molecule has 1 nitrogen and oxygen atoms in total. The molecule has 88 valence electrons. The van der Waals surface area contributed by atoms with Gasteiger partial charge in [-0.15, -0.1) is 0 Å². The van der Waals surface area contributed by atoms with E-state index < -0.39 is 17.6 Å². The Kier molecular flexibility index (Phi) is 2.83. The molecule has 0 spiro atoms. The van der Waals surface area contributed by atoms with E-state index in [1.165, 1.54) is 24.3 Å². The Morgan fingerprint density at radius 3 is 2.18 bits per heavy atom. The quantitative estimate of drug-likeness (QED) is 0.690. The molecule has 0 amide bonds. The van der Waals surface area contributed by atoms with Gasteiger partial charge in [-0.2, -0.15) is 13.2 Å². The smallest absolute Gasteiger partial charge is 0.256 e. The highest BCUT2D eigenvalue weighted by Crippen LogP contribution is 2.31. The van der Waals surface area contributed by atoms with E-state index in [4.69, 9.17) is 0 Å². The summed E-state index contributed by atoms with van der Waals surface area (Å²) >= 11 is 0. The van der Waals surface area contributed by atoms with Gasteiger partial charge in [-0.3, -0.25) is 4.98 Å². The molecular formula is C12H7F4N. The average molecular weight is 241 g/mol. The second kappa shape index (κ2) is 4.16. The molecule has 2 rings (SSSR count). The fourth-order valence-electron chi connectivity index (χ4n) is 1.39. The predicted octanol–water partition coefficient (Wildman–Crippen LogP) is 3.91. The van der Waals surface area contributed by atoms with Crippen LogP contribution in [0.15, 0.2) is 42.6 Å². The normalized spacial score (nSPS) is 11.5. The Morgan fingerprint density at radius 2 is 1.59 bits per heavy atom. The lowest BCUT2D eigenvalue weighted by Gasteiger charge is -2.07. The van der Waals surface area contributed by atoms with E-state index in [0.29, 0.717) is 5.56 Å². The van der Waals surface area contributed by atoms with Gasteiger partial charge in [0.05, 0.1) is 11.3 Å². The number of rotatable bonds is 1. The van der Waals surface area contributed by atoms with Gasteiger partial charge in [0.15, 0.2) is 0 Å². The molecule has 0 saturated heterocycles. The van der Waals surface area contributed by atoms with Crippen molar-refractivity contribution in [3.05, 3.63) is 54.0 Å². The van der Waals surface area contributed by atoms with E-state index in [-0.39, 0.29) is 5.69 Å². The van der Waals surface area contributed by atoms with Crippen LogP contribution in [0.25, 0.3) is 11.3 Å². The Morgan fingerprint density at radius 1 is 0.941 bits per heavy atom. The second-order valence-corrected chi connectivity index (χ2v) is 3.43. The fourth-order valence-corrected chi connectivity index (χ4v) is 1.39. The molecule has 0 aliphatic rings. The van der Waals surface area contributed by atoms with Crippen LogP contribution in [0.3, 0.4) is 0 Å². The number of hydrogen-bond donors (Lipinski definition) is 0. The van der Waals surface area contributed by atoms with E-state index in [9.17, 15) is 17.6 Å². The first kappa shape index (κ1) is 11.6. The molecule has 17 heavy (non-hydrogen) atoms. The third-order valence-electron chi connectivity index (χ3n) is 2.23. The van der Waals surface area contributed by atoms with E-state index >= 15 is 0 Å². The summed E-state index contributed by atoms with van der Waals surface area (Å²) in [4.78, 5) is 3.83. The Balaban J connectivity index is 2.43. The van der Waals surface area contributed by atoms with Gasteiger partial charge in [-0.05, 0) is 36.4 Å². The maximum Gasteiger partial charge on any atom is 0.416 e. The Bertz CT molecular complexity index is 517. The zero-order valence-electron chi connectivity index (χ0n) is 8.50. The van der Waals surface area contributed by atoms with Gasteiger partial charge >= 0.3 is 6.18 Å². The van der Waals surface area contributed by atoms with Crippen LogP contribution in [0.2, 0.25) is 0 Å². The molecule has 0 unspecified atom stereocenters. The molecular weight excluding hydrogens is 234 g/mol. The van der Waals surface area contributed by atoms with Gasteiger partial charge in [-0.1, -0.05) is 0 Å². The Labute approximate surface area is 94.7 Å². The first-order valence-electron chi connectivity index (χ1n) is 4.76. The second-order valence-electron chi connectivity index (χ2n) is 3.43. The minimum absolute atomic E-state index is 0.167. The third-order valence-corrected chi connectivity index (χ3v) is 2.23. The molecule has 2 aromatic rings. The summed E-state index contributed by atoms with van der Waals surface area (Å²) in [6, 6.07) is 6.96. The molecule has 1 aromatic carbocycles. The lowest BCUT2D eigenvalue weighted by molar-refractivity contribution is -0.137. The maximum absolute atomic E-state index is 12.7. The van der Waals surface area contributed by atoms with Crippen LogP contribution in [0.1, 0.15) is 5.56 Å². The number of alkyl halides is 3. The largest absolute Gasteiger partial charge is 0.416 e. The van der Waals surface area contributed by atoms with Crippen molar-refractivity contribution in [3.63, 3.8) is 0 Å². The zero-order chi connectivity index (χ0) is 12.5. The molecule has 0 radical (unpaired) electrons. The van der Waals surface area contributed by atoms with Gasteiger partial charge in [0.25, 0.3) is 0 Å². The Hall–Kier alpha value is -1.91. The van der Waals surface area contributed by atoms with Crippen LogP contribution in [-0.2, 0) is 6.18 Å². The van der Waals surface area contributed by atoms with E-state index in [1.54, 1.807) is 0 Å². The van der Waals surface area contributed by atoms with Crippen LogP contribution in [0.4, 0.5) is 17.6 Å². The van der Waals surface area contributed by atoms with E-state index in [2.05, 4.69) is 4.98 Å². The van der Waals surface area contributed by atoms with Gasteiger partial charge in [0.2, 0.25) is 0 Å². The summed E-state index contributed by atoms with van der Waals surface area (Å²) in [5, 5.41) is 0. The van der Waals surface area contributed by atoms with Crippen LogP contribution in [-0.4, -0.2) is 4.98 Å². The highest BCUT2D eigenvalue weighted by Gasteiger charge is 2.30. The van der Waals surface area contributed by atoms with Crippen molar-refractivity contribution < 1.29 is 17.6 Å². The van der Waals surface area contributed by atoms with Crippen molar-refractivity contribution in [1.82, 2.24) is 4.98 Å². The summed E-state index contributed by atoms with van der Waals surface area (Å²) < 4.78 is 50.1. The average Bonchev–Trinajstić information content (AvgIpc) is 2.29. The number of pyridine rings is 1. The van der Waals surface area contributed by atoms with Crippen molar-refractivity contribution in [1.29, 1.82) is 0 Å². The molecule has 5 heteroatoms. The molecule has 0 atom stereocenters. The standard InChI is InChI=1S/C12H7F4N/c13-10-3-1-8(2-4-10)11-7-9(5-6-17-11)12(14,15)16/h1-7H. The summed E-state index contributed by atoms with van der Waals surface area (Å²) in [6.07, 6.45) is -3.32. The minimum atomic E-state index is -4.41. The molecule has 0 fully saturated rings. The van der Waals surface area contributed by atoms with Crippen molar-refractivity contribution in [3.8, 4) is 11.3 Å². The molecule has 0 N–H and O–H groups in total. The number of halogens is 4. The highest BCUT2D eigenvalue weighted by molar-refractivity contribution is 5.59. The first-order chi connectivity index (χ1) is 7.97. The summed E-state index contributed by atoms with van der Waals surface area (Å²) in [5.74, 6) is -0.444. The maximum atomic E-state index is 12.7. The zero-order valence-corrected chi connectivity index (χ0v) is 8.50. The minimum Gasteiger partial charge on any atom is -0.256 e. The first-order valence-corrected chi connectivity index (χ1v) is 4.76. The number of benzene rings is 1. The number of hydrogen-bond acceptors (Lipinski definition) is 1. The van der Waals surface area contributed by atoms with Crippen LogP contribution in [0, 0.1) is 5.82 Å². The van der Waals surface area contributed by atoms with Crippen molar-refractivity contribution in [2.45, 2.75) is 6.18 Å². The molecule has 0 saturated carbocycles. The topological polar surface area (TPSA) is 12.9 Å². The highest BCUT2D eigenvalue weighted by atomic mass is 19.4. The third kappa shape index (κ3) is 2.61. The fraction of sp³-hybridized carbons (Fsp3) is 0.0833. The summed E-state index contributed by atoms with van der Waals surface area (Å²) in [6.45, 7) is 0.